The van der Waals surface area contributed by atoms with Gasteiger partial charge in [-0.25, -0.2) is 4.39 Å². The van der Waals surface area contributed by atoms with Crippen molar-refractivity contribution in [1.29, 1.82) is 0 Å². The number of ketones is 1. The van der Waals surface area contributed by atoms with Crippen molar-refractivity contribution in [3.05, 3.63) is 35.1 Å². The highest BCUT2D eigenvalue weighted by molar-refractivity contribution is 6.01. The lowest BCUT2D eigenvalue weighted by Gasteiger charge is -2.21. The summed E-state index contributed by atoms with van der Waals surface area (Å²) in [5.41, 5.74) is 1.04. The normalized spacial score (nSPS) is 24.7. The van der Waals surface area contributed by atoms with Crippen LogP contribution in [0.3, 0.4) is 0 Å². The lowest BCUT2D eigenvalue weighted by Crippen LogP contribution is -2.30. The van der Waals surface area contributed by atoms with Crippen LogP contribution in [-0.4, -0.2) is 18.9 Å². The molecule has 16 heavy (non-hydrogen) atoms. The zero-order valence-electron chi connectivity index (χ0n) is 9.64. The van der Waals surface area contributed by atoms with Crippen LogP contribution in [0.2, 0.25) is 0 Å². The maximum absolute atomic E-state index is 13.0. The van der Waals surface area contributed by atoms with Crippen LogP contribution in [0.4, 0.5) is 4.39 Å². The minimum absolute atomic E-state index is 0.120. The zero-order chi connectivity index (χ0) is 11.8. The second-order valence-corrected chi connectivity index (χ2v) is 4.78. The quantitative estimate of drug-likeness (QED) is 0.776. The Labute approximate surface area is 94.9 Å². The number of hydrogen-bond donors (Lipinski definition) is 1. The molecule has 1 saturated heterocycles. The summed E-state index contributed by atoms with van der Waals surface area (Å²) in [6.07, 6.45) is 0.850. The summed E-state index contributed by atoms with van der Waals surface area (Å²) in [6, 6.07) is 4.36. The number of nitrogens with one attached hydrogen (secondary N) is 1. The Morgan fingerprint density at radius 3 is 2.81 bits per heavy atom. The van der Waals surface area contributed by atoms with Crippen molar-refractivity contribution in [1.82, 2.24) is 5.32 Å². The molecule has 86 valence electrons. The van der Waals surface area contributed by atoms with Gasteiger partial charge in [0.25, 0.3) is 0 Å². The molecule has 2 rings (SSSR count). The monoisotopic (exact) mass is 221 g/mol. The largest absolute Gasteiger partial charge is 0.316 e. The summed E-state index contributed by atoms with van der Waals surface area (Å²) < 4.78 is 13.0. The molecule has 1 N–H and O–H groups in total. The predicted octanol–water partition coefficient (Wildman–Crippen LogP) is 2.32. The number of carbonyl (C=O) groups is 1. The molecule has 1 aliphatic heterocycles. The molecular weight excluding hydrogens is 205 g/mol. The third-order valence-electron chi connectivity index (χ3n) is 3.35. The highest BCUT2D eigenvalue weighted by atomic mass is 19.1. The minimum Gasteiger partial charge on any atom is -0.316 e. The molecule has 1 unspecified atom stereocenters. The molecule has 0 spiro atoms. The smallest absolute Gasteiger partial charge is 0.170 e. The summed E-state index contributed by atoms with van der Waals surface area (Å²) in [4.78, 5) is 12.3. The molecule has 0 aromatic heterocycles. The maximum Gasteiger partial charge on any atom is 0.170 e. The van der Waals surface area contributed by atoms with Crippen LogP contribution in [0.5, 0.6) is 0 Å². The number of Topliss-reactive ketones (excluding diaryl/α,β-unsaturated/α-hetero) is 1. The molecule has 0 aliphatic carbocycles. The molecule has 0 bridgehead atoms. The van der Waals surface area contributed by atoms with Gasteiger partial charge in [0.15, 0.2) is 5.78 Å². The second-order valence-electron chi connectivity index (χ2n) is 4.78. The Bertz CT molecular complexity index is 422. The molecule has 1 aromatic rings. The van der Waals surface area contributed by atoms with E-state index in [9.17, 15) is 9.18 Å². The van der Waals surface area contributed by atoms with Crippen LogP contribution in [0, 0.1) is 18.2 Å². The fraction of sp³-hybridized carbons (Fsp3) is 0.462. The Morgan fingerprint density at radius 2 is 2.25 bits per heavy atom. The van der Waals surface area contributed by atoms with Crippen LogP contribution < -0.4 is 5.32 Å². The minimum atomic E-state index is -0.331. The number of rotatable bonds is 2. The molecule has 0 amide bonds. The highest BCUT2D eigenvalue weighted by Gasteiger charge is 2.37. The maximum atomic E-state index is 13.0. The van der Waals surface area contributed by atoms with Gasteiger partial charge in [-0.3, -0.25) is 4.79 Å². The van der Waals surface area contributed by atoms with Gasteiger partial charge in [0.2, 0.25) is 0 Å². The van der Waals surface area contributed by atoms with Crippen LogP contribution >= 0.6 is 0 Å². The fourth-order valence-corrected chi connectivity index (χ4v) is 2.22. The van der Waals surface area contributed by atoms with E-state index in [1.165, 1.54) is 12.1 Å². The first-order valence-corrected chi connectivity index (χ1v) is 5.55. The van der Waals surface area contributed by atoms with E-state index in [0.29, 0.717) is 12.1 Å². The van der Waals surface area contributed by atoms with Crippen molar-refractivity contribution in [2.24, 2.45) is 5.41 Å². The van der Waals surface area contributed by atoms with Gasteiger partial charge >= 0.3 is 0 Å². The van der Waals surface area contributed by atoms with E-state index in [0.717, 1.165) is 18.5 Å². The molecule has 0 saturated carbocycles. The SMILES string of the molecule is Cc1cc(F)ccc1C(=O)C1(C)CCNC1. The molecule has 2 nitrogen and oxygen atoms in total. The van der Waals surface area contributed by atoms with Crippen LogP contribution in [0.25, 0.3) is 0 Å². The first-order valence-electron chi connectivity index (χ1n) is 5.55. The highest BCUT2D eigenvalue weighted by Crippen LogP contribution is 2.30. The molecule has 1 fully saturated rings. The van der Waals surface area contributed by atoms with Gasteiger partial charge < -0.3 is 5.32 Å². The average Bonchev–Trinajstić information content (AvgIpc) is 2.66. The van der Waals surface area contributed by atoms with Crippen molar-refractivity contribution < 1.29 is 9.18 Å². The first kappa shape index (κ1) is 11.3. The van der Waals surface area contributed by atoms with Crippen molar-refractivity contribution in [2.45, 2.75) is 20.3 Å². The Kier molecular flexibility index (Phi) is 2.80. The van der Waals surface area contributed by atoms with Crippen LogP contribution in [0.1, 0.15) is 29.3 Å². The fourth-order valence-electron chi connectivity index (χ4n) is 2.22. The summed E-state index contributed by atoms with van der Waals surface area (Å²) in [7, 11) is 0. The van der Waals surface area contributed by atoms with Gasteiger partial charge in [-0.15, -0.1) is 0 Å². The standard InChI is InChI=1S/C13H16FNO/c1-9-7-10(14)3-4-11(9)12(16)13(2)5-6-15-8-13/h3-4,7,15H,5-6,8H2,1-2H3. The Hall–Kier alpha value is -1.22. The molecular formula is C13H16FNO. The van der Waals surface area contributed by atoms with Crippen molar-refractivity contribution >= 4 is 5.78 Å². The average molecular weight is 221 g/mol. The van der Waals surface area contributed by atoms with Gasteiger partial charge in [0.05, 0.1) is 0 Å². The van der Waals surface area contributed by atoms with Crippen LogP contribution in [-0.2, 0) is 0 Å². The molecule has 3 heteroatoms. The number of hydrogen-bond acceptors (Lipinski definition) is 2. The zero-order valence-corrected chi connectivity index (χ0v) is 9.64. The Balaban J connectivity index is 2.33. The van der Waals surface area contributed by atoms with Gasteiger partial charge in [-0.1, -0.05) is 6.92 Å². The first-order chi connectivity index (χ1) is 7.53. The number of halogens is 1. The van der Waals surface area contributed by atoms with E-state index < -0.39 is 0 Å². The van der Waals surface area contributed by atoms with E-state index in [2.05, 4.69) is 5.32 Å². The van der Waals surface area contributed by atoms with Gasteiger partial charge in [-0.05, 0) is 43.7 Å². The second kappa shape index (κ2) is 3.98. The van der Waals surface area contributed by atoms with Crippen molar-refractivity contribution in [3.63, 3.8) is 0 Å². The molecule has 1 aromatic carbocycles. The summed E-state index contributed by atoms with van der Waals surface area (Å²) >= 11 is 0. The number of benzene rings is 1. The summed E-state index contributed by atoms with van der Waals surface area (Å²) in [6.45, 7) is 5.34. The topological polar surface area (TPSA) is 29.1 Å². The van der Waals surface area contributed by atoms with E-state index in [-0.39, 0.29) is 17.0 Å². The lowest BCUT2D eigenvalue weighted by atomic mass is 9.80. The summed E-state index contributed by atoms with van der Waals surface area (Å²) in [5, 5.41) is 3.20. The summed E-state index contributed by atoms with van der Waals surface area (Å²) in [5.74, 6) is -0.168. The third kappa shape index (κ3) is 1.87. The number of aryl methyl sites for hydroxylation is 1. The van der Waals surface area contributed by atoms with E-state index in [1.807, 2.05) is 6.92 Å². The third-order valence-corrected chi connectivity index (χ3v) is 3.35. The van der Waals surface area contributed by atoms with Gasteiger partial charge in [0, 0.05) is 17.5 Å². The van der Waals surface area contributed by atoms with Gasteiger partial charge in [0.1, 0.15) is 5.82 Å². The molecule has 1 aliphatic rings. The number of carbonyl (C=O) groups excluding carboxylic acids is 1. The Morgan fingerprint density at radius 1 is 1.50 bits per heavy atom. The van der Waals surface area contributed by atoms with Gasteiger partial charge in [-0.2, -0.15) is 0 Å². The molecule has 0 radical (unpaired) electrons. The van der Waals surface area contributed by atoms with E-state index in [1.54, 1.807) is 13.0 Å². The van der Waals surface area contributed by atoms with E-state index in [4.69, 9.17) is 0 Å². The van der Waals surface area contributed by atoms with Crippen molar-refractivity contribution in [2.75, 3.05) is 13.1 Å². The van der Waals surface area contributed by atoms with Crippen molar-refractivity contribution in [3.8, 4) is 0 Å². The molecule has 1 heterocycles. The van der Waals surface area contributed by atoms with E-state index >= 15 is 0 Å². The predicted molar refractivity (Wildman–Crippen MR) is 61.1 cm³/mol. The molecule has 1 atom stereocenters. The lowest BCUT2D eigenvalue weighted by molar-refractivity contribution is 0.0838. The van der Waals surface area contributed by atoms with Crippen LogP contribution in [0.15, 0.2) is 18.2 Å².